The van der Waals surface area contributed by atoms with Gasteiger partial charge in [-0.2, -0.15) is 5.10 Å². The van der Waals surface area contributed by atoms with E-state index in [0.717, 1.165) is 11.4 Å². The van der Waals surface area contributed by atoms with Gasteiger partial charge in [-0.3, -0.25) is 0 Å². The van der Waals surface area contributed by atoms with Gasteiger partial charge in [0.05, 0.1) is 18.0 Å². The van der Waals surface area contributed by atoms with Crippen LogP contribution in [0.1, 0.15) is 11.3 Å². The second-order valence-electron chi connectivity index (χ2n) is 4.78. The normalized spacial score (nSPS) is 10.6. The van der Waals surface area contributed by atoms with E-state index in [1.165, 1.54) is 12.1 Å². The van der Waals surface area contributed by atoms with Crippen LogP contribution >= 0.6 is 0 Å². The van der Waals surface area contributed by atoms with Gasteiger partial charge in [0.25, 0.3) is 0 Å². The maximum Gasteiger partial charge on any atom is 0.165 e. The highest BCUT2D eigenvalue weighted by Crippen LogP contribution is 2.20. The molecule has 0 amide bonds. The summed E-state index contributed by atoms with van der Waals surface area (Å²) in [6.07, 6.45) is 1.68. The first kappa shape index (κ1) is 14.3. The molecule has 0 unspecified atom stereocenters. The maximum absolute atomic E-state index is 13.8. The fraction of sp³-hybridized carbons (Fsp3) is 0.118. The van der Waals surface area contributed by atoms with Crippen LogP contribution in [-0.4, -0.2) is 14.9 Å². The van der Waals surface area contributed by atoms with Crippen LogP contribution < -0.4 is 4.74 Å². The van der Waals surface area contributed by atoms with Crippen molar-refractivity contribution in [3.63, 3.8) is 0 Å². The van der Waals surface area contributed by atoms with E-state index in [0.29, 0.717) is 5.56 Å². The molecule has 0 spiro atoms. The first-order valence-corrected chi connectivity index (χ1v) is 6.88. The highest BCUT2D eigenvalue weighted by Gasteiger charge is 2.08. The lowest BCUT2D eigenvalue weighted by atomic mass is 10.2. The van der Waals surface area contributed by atoms with Gasteiger partial charge in [-0.05, 0) is 35.9 Å². The molecule has 1 heterocycles. The molecule has 1 aromatic heterocycles. The minimum absolute atomic E-state index is 0.151. The van der Waals surface area contributed by atoms with E-state index in [4.69, 9.17) is 9.84 Å². The Morgan fingerprint density at radius 3 is 2.64 bits per heavy atom. The van der Waals surface area contributed by atoms with Gasteiger partial charge in [-0.1, -0.05) is 24.3 Å². The van der Waals surface area contributed by atoms with E-state index >= 15 is 0 Å². The Bertz CT molecular complexity index is 756. The van der Waals surface area contributed by atoms with Gasteiger partial charge in [0, 0.05) is 6.20 Å². The molecule has 0 aliphatic heterocycles. The van der Waals surface area contributed by atoms with Crippen molar-refractivity contribution < 1.29 is 14.2 Å². The molecule has 0 saturated carbocycles. The number of benzene rings is 2. The fourth-order valence-electron chi connectivity index (χ4n) is 2.15. The standard InChI is InChI=1S/C17H15FN2O2/c18-16-10-13(11-21)6-7-17(16)22-12-15-8-9-19-20(15)14-4-2-1-3-5-14/h1-10,21H,11-12H2. The van der Waals surface area contributed by atoms with Gasteiger partial charge in [0.15, 0.2) is 11.6 Å². The molecule has 5 heteroatoms. The third-order valence-corrected chi connectivity index (χ3v) is 3.28. The zero-order valence-corrected chi connectivity index (χ0v) is 11.8. The van der Waals surface area contributed by atoms with Crippen LogP contribution in [0.2, 0.25) is 0 Å². The van der Waals surface area contributed by atoms with Crippen LogP contribution in [-0.2, 0) is 13.2 Å². The number of rotatable bonds is 5. The lowest BCUT2D eigenvalue weighted by Gasteiger charge is -2.10. The smallest absolute Gasteiger partial charge is 0.165 e. The van der Waals surface area contributed by atoms with Crippen molar-refractivity contribution >= 4 is 0 Å². The molecule has 2 aromatic carbocycles. The summed E-state index contributed by atoms with van der Waals surface area (Å²) < 4.78 is 21.1. The van der Waals surface area contributed by atoms with E-state index in [1.54, 1.807) is 16.9 Å². The molecule has 0 saturated heterocycles. The summed E-state index contributed by atoms with van der Waals surface area (Å²) in [6.45, 7) is 0.00225. The zero-order chi connectivity index (χ0) is 15.4. The highest BCUT2D eigenvalue weighted by atomic mass is 19.1. The van der Waals surface area contributed by atoms with Crippen LogP contribution in [0.3, 0.4) is 0 Å². The van der Waals surface area contributed by atoms with Gasteiger partial charge >= 0.3 is 0 Å². The van der Waals surface area contributed by atoms with Crippen molar-refractivity contribution in [2.24, 2.45) is 0 Å². The molecule has 1 N–H and O–H groups in total. The van der Waals surface area contributed by atoms with Crippen molar-refractivity contribution in [1.82, 2.24) is 9.78 Å². The maximum atomic E-state index is 13.8. The van der Waals surface area contributed by atoms with Crippen molar-refractivity contribution in [1.29, 1.82) is 0 Å². The predicted molar refractivity (Wildman–Crippen MR) is 80.2 cm³/mol. The van der Waals surface area contributed by atoms with E-state index in [2.05, 4.69) is 5.10 Å². The minimum Gasteiger partial charge on any atom is -0.484 e. The lowest BCUT2D eigenvalue weighted by molar-refractivity contribution is 0.274. The van der Waals surface area contributed by atoms with Crippen LogP contribution in [0.25, 0.3) is 5.69 Å². The van der Waals surface area contributed by atoms with Gasteiger partial charge < -0.3 is 9.84 Å². The van der Waals surface area contributed by atoms with Crippen molar-refractivity contribution in [3.05, 3.63) is 77.9 Å². The number of para-hydroxylation sites is 1. The van der Waals surface area contributed by atoms with E-state index < -0.39 is 5.82 Å². The van der Waals surface area contributed by atoms with Crippen molar-refractivity contribution in [3.8, 4) is 11.4 Å². The number of ether oxygens (including phenoxy) is 1. The van der Waals surface area contributed by atoms with Crippen LogP contribution in [0, 0.1) is 5.82 Å². The average molecular weight is 298 g/mol. The molecule has 0 radical (unpaired) electrons. The summed E-state index contributed by atoms with van der Waals surface area (Å²) in [7, 11) is 0. The monoisotopic (exact) mass is 298 g/mol. The summed E-state index contributed by atoms with van der Waals surface area (Å²) >= 11 is 0. The Balaban J connectivity index is 1.77. The molecule has 3 rings (SSSR count). The van der Waals surface area contributed by atoms with Crippen LogP contribution in [0.5, 0.6) is 5.75 Å². The third kappa shape index (κ3) is 2.99. The number of nitrogens with zero attached hydrogens (tertiary/aromatic N) is 2. The summed E-state index contributed by atoms with van der Waals surface area (Å²) in [5.74, 6) is -0.338. The lowest BCUT2D eigenvalue weighted by Crippen LogP contribution is -2.06. The first-order chi connectivity index (χ1) is 10.8. The van der Waals surface area contributed by atoms with Crippen LogP contribution in [0.15, 0.2) is 60.8 Å². The second-order valence-corrected chi connectivity index (χ2v) is 4.78. The molecule has 0 atom stereocenters. The topological polar surface area (TPSA) is 47.3 Å². The minimum atomic E-state index is -0.489. The molecular weight excluding hydrogens is 283 g/mol. The third-order valence-electron chi connectivity index (χ3n) is 3.28. The fourth-order valence-corrected chi connectivity index (χ4v) is 2.15. The van der Waals surface area contributed by atoms with Gasteiger partial charge in [-0.15, -0.1) is 0 Å². The molecule has 0 fully saturated rings. The number of aromatic nitrogens is 2. The Labute approximate surface area is 127 Å². The summed E-state index contributed by atoms with van der Waals surface area (Å²) in [4.78, 5) is 0. The summed E-state index contributed by atoms with van der Waals surface area (Å²) in [5.41, 5.74) is 2.25. The molecule has 0 bridgehead atoms. The SMILES string of the molecule is OCc1ccc(OCc2ccnn2-c2ccccc2)c(F)c1. The van der Waals surface area contributed by atoms with Crippen molar-refractivity contribution in [2.45, 2.75) is 13.2 Å². The number of aliphatic hydroxyl groups excluding tert-OH is 1. The molecule has 0 aliphatic rings. The van der Waals surface area contributed by atoms with Gasteiger partial charge in [-0.25, -0.2) is 9.07 Å². The summed E-state index contributed by atoms with van der Waals surface area (Å²) in [6, 6.07) is 15.9. The van der Waals surface area contributed by atoms with Gasteiger partial charge in [0.2, 0.25) is 0 Å². The van der Waals surface area contributed by atoms with Crippen LogP contribution in [0.4, 0.5) is 4.39 Å². The average Bonchev–Trinajstić information content (AvgIpc) is 3.03. The quantitative estimate of drug-likeness (QED) is 0.787. The van der Waals surface area contributed by atoms with Gasteiger partial charge in [0.1, 0.15) is 6.61 Å². The van der Waals surface area contributed by atoms with E-state index in [-0.39, 0.29) is 19.0 Å². The zero-order valence-electron chi connectivity index (χ0n) is 11.8. The Hall–Kier alpha value is -2.66. The second kappa shape index (κ2) is 6.41. The number of hydrogen-bond acceptors (Lipinski definition) is 3. The molecule has 4 nitrogen and oxygen atoms in total. The molecule has 112 valence electrons. The van der Waals surface area contributed by atoms with E-state index in [9.17, 15) is 4.39 Å². The number of hydrogen-bond donors (Lipinski definition) is 1. The predicted octanol–water partition coefficient (Wildman–Crippen LogP) is 3.08. The molecule has 22 heavy (non-hydrogen) atoms. The summed E-state index contributed by atoms with van der Waals surface area (Å²) in [5, 5.41) is 13.2. The highest BCUT2D eigenvalue weighted by molar-refractivity contribution is 5.33. The largest absolute Gasteiger partial charge is 0.484 e. The number of aliphatic hydroxyl groups is 1. The van der Waals surface area contributed by atoms with E-state index in [1.807, 2.05) is 36.4 Å². The molecule has 3 aromatic rings. The molecule has 0 aliphatic carbocycles. The Morgan fingerprint density at radius 2 is 1.91 bits per heavy atom. The molecular formula is C17H15FN2O2. The Morgan fingerprint density at radius 1 is 1.09 bits per heavy atom. The first-order valence-electron chi connectivity index (χ1n) is 6.88. The van der Waals surface area contributed by atoms with Crippen molar-refractivity contribution in [2.75, 3.05) is 0 Å². The number of halogens is 1. The Kier molecular flexibility index (Phi) is 4.16.